The highest BCUT2D eigenvalue weighted by molar-refractivity contribution is 5.86. The lowest BCUT2D eigenvalue weighted by molar-refractivity contribution is 0.0686. The molecule has 0 saturated heterocycles. The van der Waals surface area contributed by atoms with E-state index in [0.29, 0.717) is 5.78 Å². The summed E-state index contributed by atoms with van der Waals surface area (Å²) in [5.74, 6) is -0.372. The molecule has 7 heteroatoms. The molecule has 3 rings (SSSR count). The maximum absolute atomic E-state index is 11.0. The highest BCUT2D eigenvalue weighted by Crippen LogP contribution is 2.22. The first-order valence-corrected chi connectivity index (χ1v) is 5.75. The van der Waals surface area contributed by atoms with Crippen LogP contribution in [0.15, 0.2) is 18.6 Å². The highest BCUT2D eigenvalue weighted by atomic mass is 16.4. The van der Waals surface area contributed by atoms with Gasteiger partial charge in [0.25, 0.3) is 0 Å². The zero-order valence-electron chi connectivity index (χ0n) is 10.8. The molecule has 0 bridgehead atoms. The van der Waals surface area contributed by atoms with E-state index in [1.54, 1.807) is 26.9 Å². The van der Waals surface area contributed by atoms with Crippen molar-refractivity contribution in [2.75, 3.05) is 0 Å². The van der Waals surface area contributed by atoms with Gasteiger partial charge in [0.15, 0.2) is 0 Å². The molecule has 0 spiro atoms. The first kappa shape index (κ1) is 11.5. The zero-order valence-corrected chi connectivity index (χ0v) is 10.8. The van der Waals surface area contributed by atoms with E-state index in [-0.39, 0.29) is 5.69 Å². The Kier molecular flexibility index (Phi) is 2.25. The summed E-state index contributed by atoms with van der Waals surface area (Å²) in [5, 5.41) is 13.3. The standard InChI is InChI=1S/C12H13N5O2/c1-7-8(4-15(2)14-7)9-5-17-6-10(11(18)19)16(3)12(17)13-9/h4-6H,1-3H3,(H,18,19). The Bertz CT molecular complexity index is 793. The largest absolute Gasteiger partial charge is 0.477 e. The Balaban J connectivity index is 2.18. The monoisotopic (exact) mass is 259 g/mol. The van der Waals surface area contributed by atoms with Crippen LogP contribution in [-0.2, 0) is 14.1 Å². The van der Waals surface area contributed by atoms with Crippen molar-refractivity contribution in [2.45, 2.75) is 6.92 Å². The van der Waals surface area contributed by atoms with E-state index in [9.17, 15) is 4.79 Å². The van der Waals surface area contributed by atoms with Crippen LogP contribution in [0.5, 0.6) is 0 Å². The van der Waals surface area contributed by atoms with Gasteiger partial charge in [-0.1, -0.05) is 0 Å². The average Bonchev–Trinajstić information content (AvgIpc) is 2.94. The van der Waals surface area contributed by atoms with Crippen LogP contribution in [0.1, 0.15) is 16.2 Å². The average molecular weight is 259 g/mol. The molecule has 0 unspecified atom stereocenters. The zero-order chi connectivity index (χ0) is 13.7. The smallest absolute Gasteiger partial charge is 0.354 e. The Labute approximate surface area is 108 Å². The molecule has 0 aromatic carbocycles. The minimum Gasteiger partial charge on any atom is -0.477 e. The third-order valence-corrected chi connectivity index (χ3v) is 3.14. The van der Waals surface area contributed by atoms with E-state index in [4.69, 9.17) is 5.11 Å². The summed E-state index contributed by atoms with van der Waals surface area (Å²) in [7, 11) is 3.54. The van der Waals surface area contributed by atoms with Gasteiger partial charge < -0.3 is 9.67 Å². The molecule has 0 radical (unpaired) electrons. The van der Waals surface area contributed by atoms with Crippen molar-refractivity contribution in [3.05, 3.63) is 30.0 Å². The molecule has 3 aromatic rings. The molecule has 0 amide bonds. The second kappa shape index (κ2) is 3.71. The number of aryl methyl sites for hydroxylation is 3. The van der Waals surface area contributed by atoms with Crippen molar-refractivity contribution in [2.24, 2.45) is 14.1 Å². The molecule has 0 aliphatic carbocycles. The summed E-state index contributed by atoms with van der Waals surface area (Å²) in [4.78, 5) is 15.5. The number of nitrogens with zero attached hydrogens (tertiary/aromatic N) is 5. The molecular formula is C12H13N5O2. The van der Waals surface area contributed by atoms with Gasteiger partial charge in [0, 0.05) is 38.2 Å². The lowest BCUT2D eigenvalue weighted by Gasteiger charge is -1.95. The third kappa shape index (κ3) is 1.62. The van der Waals surface area contributed by atoms with Crippen LogP contribution in [0, 0.1) is 6.92 Å². The number of carboxylic acid groups (broad SMARTS) is 1. The van der Waals surface area contributed by atoms with Crippen LogP contribution in [-0.4, -0.2) is 34.8 Å². The number of hydrogen-bond donors (Lipinski definition) is 1. The fourth-order valence-corrected chi connectivity index (χ4v) is 2.23. The fourth-order valence-electron chi connectivity index (χ4n) is 2.23. The van der Waals surface area contributed by atoms with Crippen LogP contribution in [0.4, 0.5) is 0 Å². The quantitative estimate of drug-likeness (QED) is 0.747. The topological polar surface area (TPSA) is 77.4 Å². The molecule has 0 fully saturated rings. The summed E-state index contributed by atoms with van der Waals surface area (Å²) >= 11 is 0. The lowest BCUT2D eigenvalue weighted by Crippen LogP contribution is -2.04. The molecule has 19 heavy (non-hydrogen) atoms. The number of rotatable bonds is 2. The van der Waals surface area contributed by atoms with Crippen LogP contribution < -0.4 is 0 Å². The Morgan fingerprint density at radius 3 is 2.53 bits per heavy atom. The number of aromatic nitrogens is 5. The van der Waals surface area contributed by atoms with E-state index in [2.05, 4.69) is 10.1 Å². The normalized spacial score (nSPS) is 11.3. The van der Waals surface area contributed by atoms with Gasteiger partial charge in [-0.3, -0.25) is 9.08 Å². The van der Waals surface area contributed by atoms with Crippen LogP contribution >= 0.6 is 0 Å². The van der Waals surface area contributed by atoms with Crippen molar-refractivity contribution in [3.63, 3.8) is 0 Å². The minimum absolute atomic E-state index is 0.206. The maximum Gasteiger partial charge on any atom is 0.354 e. The summed E-state index contributed by atoms with van der Waals surface area (Å²) in [5.41, 5.74) is 2.83. The summed E-state index contributed by atoms with van der Waals surface area (Å²) in [6, 6.07) is 0. The van der Waals surface area contributed by atoms with E-state index in [1.165, 1.54) is 0 Å². The van der Waals surface area contributed by atoms with Crippen LogP contribution in [0.3, 0.4) is 0 Å². The number of imidazole rings is 2. The van der Waals surface area contributed by atoms with E-state index in [1.807, 2.05) is 26.4 Å². The summed E-state index contributed by atoms with van der Waals surface area (Å²) in [6.07, 6.45) is 5.26. The predicted octanol–water partition coefficient (Wildman–Crippen LogP) is 1.08. The van der Waals surface area contributed by atoms with Crippen molar-refractivity contribution in [1.29, 1.82) is 0 Å². The predicted molar refractivity (Wildman–Crippen MR) is 68.1 cm³/mol. The number of fused-ring (bicyclic) bond motifs is 1. The summed E-state index contributed by atoms with van der Waals surface area (Å²) < 4.78 is 5.00. The molecule has 3 heterocycles. The Hall–Kier alpha value is -2.57. The van der Waals surface area contributed by atoms with Crippen molar-refractivity contribution >= 4 is 11.7 Å². The minimum atomic E-state index is -0.966. The second-order valence-electron chi connectivity index (χ2n) is 4.51. The first-order valence-electron chi connectivity index (χ1n) is 5.75. The van der Waals surface area contributed by atoms with Gasteiger partial charge in [-0.2, -0.15) is 5.10 Å². The van der Waals surface area contributed by atoms with Gasteiger partial charge >= 0.3 is 5.97 Å². The van der Waals surface area contributed by atoms with Gasteiger partial charge in [-0.05, 0) is 6.92 Å². The second-order valence-corrected chi connectivity index (χ2v) is 4.51. The first-order chi connectivity index (χ1) is 8.97. The van der Waals surface area contributed by atoms with Crippen molar-refractivity contribution < 1.29 is 9.90 Å². The van der Waals surface area contributed by atoms with Gasteiger partial charge in [-0.25, -0.2) is 9.78 Å². The molecule has 0 aliphatic heterocycles. The Morgan fingerprint density at radius 2 is 2.00 bits per heavy atom. The summed E-state index contributed by atoms with van der Waals surface area (Å²) in [6.45, 7) is 1.92. The highest BCUT2D eigenvalue weighted by Gasteiger charge is 2.16. The number of aromatic carboxylic acids is 1. The Morgan fingerprint density at radius 1 is 1.26 bits per heavy atom. The van der Waals surface area contributed by atoms with Crippen LogP contribution in [0.2, 0.25) is 0 Å². The van der Waals surface area contributed by atoms with Gasteiger partial charge in [0.2, 0.25) is 5.78 Å². The van der Waals surface area contributed by atoms with E-state index < -0.39 is 5.97 Å². The van der Waals surface area contributed by atoms with Crippen LogP contribution in [0.25, 0.3) is 17.0 Å². The van der Waals surface area contributed by atoms with Crippen molar-refractivity contribution in [3.8, 4) is 11.3 Å². The molecule has 7 nitrogen and oxygen atoms in total. The van der Waals surface area contributed by atoms with Crippen molar-refractivity contribution in [1.82, 2.24) is 23.7 Å². The number of carbonyl (C=O) groups is 1. The van der Waals surface area contributed by atoms with Gasteiger partial charge in [0.1, 0.15) is 5.69 Å². The molecule has 98 valence electrons. The maximum atomic E-state index is 11.0. The van der Waals surface area contributed by atoms with Gasteiger partial charge in [0.05, 0.1) is 11.4 Å². The van der Waals surface area contributed by atoms with Gasteiger partial charge in [-0.15, -0.1) is 0 Å². The molecule has 0 aliphatic rings. The van der Waals surface area contributed by atoms with E-state index in [0.717, 1.165) is 17.0 Å². The molecule has 0 saturated carbocycles. The van der Waals surface area contributed by atoms with E-state index >= 15 is 0 Å². The number of hydrogen-bond acceptors (Lipinski definition) is 3. The number of carboxylic acids is 1. The molecule has 3 aromatic heterocycles. The lowest BCUT2D eigenvalue weighted by atomic mass is 10.2. The fraction of sp³-hybridized carbons (Fsp3) is 0.250. The SMILES string of the molecule is Cc1nn(C)cc1-c1cn2cc(C(=O)O)n(C)c2n1. The molecule has 1 N–H and O–H groups in total. The molecular weight excluding hydrogens is 246 g/mol. The molecule has 0 atom stereocenters. The third-order valence-electron chi connectivity index (χ3n) is 3.14.